The van der Waals surface area contributed by atoms with Crippen LogP contribution >= 0.6 is 0 Å². The zero-order chi connectivity index (χ0) is 21.0. The SMILES string of the molecule is Fc1cnc(Nc2cccc(N3CCNCC3)c2)nc1Nc1ccc2c(n1)NCCO2. The number of halogens is 1. The maximum atomic E-state index is 14.3. The first-order valence-electron chi connectivity index (χ1n) is 10.2. The summed E-state index contributed by atoms with van der Waals surface area (Å²) in [7, 11) is 0. The molecule has 0 spiro atoms. The molecule has 4 N–H and O–H groups in total. The van der Waals surface area contributed by atoms with Crippen molar-refractivity contribution in [2.75, 3.05) is 60.2 Å². The van der Waals surface area contributed by atoms with Crippen molar-refractivity contribution < 1.29 is 9.13 Å². The summed E-state index contributed by atoms with van der Waals surface area (Å²) >= 11 is 0. The number of pyridine rings is 1. The molecule has 1 fully saturated rings. The topological polar surface area (TPSA) is 99.3 Å². The van der Waals surface area contributed by atoms with Gasteiger partial charge in [0.1, 0.15) is 12.4 Å². The number of anilines is 6. The van der Waals surface area contributed by atoms with Crippen LogP contribution in [-0.2, 0) is 0 Å². The molecule has 0 saturated carbocycles. The number of benzene rings is 1. The van der Waals surface area contributed by atoms with Gasteiger partial charge in [0.25, 0.3) is 0 Å². The lowest BCUT2D eigenvalue weighted by atomic mass is 10.2. The first kappa shape index (κ1) is 19.3. The van der Waals surface area contributed by atoms with Crippen molar-refractivity contribution in [1.82, 2.24) is 20.3 Å². The summed E-state index contributed by atoms with van der Waals surface area (Å²) in [6.45, 7) is 5.11. The highest BCUT2D eigenvalue weighted by Gasteiger charge is 2.14. The standard InChI is InChI=1S/C21H23FN8O/c22-16-13-25-21(26-14-2-1-3-15(12-14)30-9-6-23-7-10-30)29-19(16)27-18-5-4-17-20(28-18)24-8-11-31-17/h1-5,12-13,23H,6-11H2,(H3,24,25,26,27,28,29). The van der Waals surface area contributed by atoms with Crippen LogP contribution in [-0.4, -0.2) is 54.3 Å². The molecule has 2 aliphatic heterocycles. The Labute approximate surface area is 179 Å². The van der Waals surface area contributed by atoms with Gasteiger partial charge in [0, 0.05) is 37.6 Å². The zero-order valence-corrected chi connectivity index (χ0v) is 16.9. The molecule has 0 atom stereocenters. The lowest BCUT2D eigenvalue weighted by Gasteiger charge is -2.29. The first-order chi connectivity index (χ1) is 15.2. The van der Waals surface area contributed by atoms with Gasteiger partial charge in [-0.3, -0.25) is 0 Å². The van der Waals surface area contributed by atoms with E-state index in [9.17, 15) is 4.39 Å². The number of hydrogen-bond acceptors (Lipinski definition) is 9. The second kappa shape index (κ2) is 8.60. The van der Waals surface area contributed by atoms with Crippen molar-refractivity contribution in [2.45, 2.75) is 0 Å². The van der Waals surface area contributed by atoms with Gasteiger partial charge in [0.05, 0.1) is 12.7 Å². The Kier molecular flexibility index (Phi) is 5.36. The Balaban J connectivity index is 1.33. The minimum Gasteiger partial charge on any atom is -0.488 e. The molecular weight excluding hydrogens is 399 g/mol. The molecule has 4 heterocycles. The normalized spacial score (nSPS) is 15.5. The average molecular weight is 422 g/mol. The lowest BCUT2D eigenvalue weighted by Crippen LogP contribution is -2.43. The Hall–Kier alpha value is -3.66. The van der Waals surface area contributed by atoms with E-state index in [0.29, 0.717) is 36.5 Å². The molecule has 0 radical (unpaired) electrons. The summed E-state index contributed by atoms with van der Waals surface area (Å²) in [5.41, 5.74) is 1.96. The van der Waals surface area contributed by atoms with Crippen LogP contribution in [0.1, 0.15) is 0 Å². The summed E-state index contributed by atoms with van der Waals surface area (Å²) in [6, 6.07) is 11.5. The van der Waals surface area contributed by atoms with Crippen molar-refractivity contribution in [1.29, 1.82) is 0 Å². The highest BCUT2D eigenvalue weighted by atomic mass is 19.1. The van der Waals surface area contributed by atoms with Gasteiger partial charge in [-0.2, -0.15) is 4.98 Å². The number of nitrogens with zero attached hydrogens (tertiary/aromatic N) is 4. The van der Waals surface area contributed by atoms with E-state index >= 15 is 0 Å². The third-order valence-electron chi connectivity index (χ3n) is 5.09. The van der Waals surface area contributed by atoms with Crippen LogP contribution in [0.3, 0.4) is 0 Å². The molecule has 1 aromatic carbocycles. The van der Waals surface area contributed by atoms with Crippen LogP contribution in [0.15, 0.2) is 42.6 Å². The molecular formula is C21H23FN8O. The van der Waals surface area contributed by atoms with E-state index in [1.54, 1.807) is 12.1 Å². The van der Waals surface area contributed by atoms with Crippen molar-refractivity contribution in [3.8, 4) is 5.75 Å². The van der Waals surface area contributed by atoms with Gasteiger partial charge in [-0.05, 0) is 30.3 Å². The zero-order valence-electron chi connectivity index (χ0n) is 16.9. The number of ether oxygens (including phenoxy) is 1. The molecule has 0 unspecified atom stereocenters. The van der Waals surface area contributed by atoms with Crippen LogP contribution in [0.5, 0.6) is 5.75 Å². The maximum Gasteiger partial charge on any atom is 0.229 e. The van der Waals surface area contributed by atoms with E-state index < -0.39 is 5.82 Å². The number of hydrogen-bond donors (Lipinski definition) is 4. The average Bonchev–Trinajstić information content (AvgIpc) is 2.82. The van der Waals surface area contributed by atoms with Crippen molar-refractivity contribution >= 4 is 34.8 Å². The van der Waals surface area contributed by atoms with E-state index in [1.165, 1.54) is 0 Å². The predicted octanol–water partition coefficient (Wildman–Crippen LogP) is 2.71. The molecule has 2 aliphatic rings. The van der Waals surface area contributed by atoms with E-state index in [2.05, 4.69) is 47.2 Å². The summed E-state index contributed by atoms with van der Waals surface area (Å²) in [4.78, 5) is 15.1. The lowest BCUT2D eigenvalue weighted by molar-refractivity contribution is 0.321. The van der Waals surface area contributed by atoms with Crippen LogP contribution < -0.4 is 30.9 Å². The van der Waals surface area contributed by atoms with Gasteiger partial charge in [-0.25, -0.2) is 14.4 Å². The van der Waals surface area contributed by atoms with E-state index in [0.717, 1.165) is 43.8 Å². The number of rotatable bonds is 5. The van der Waals surface area contributed by atoms with E-state index in [4.69, 9.17) is 4.74 Å². The fourth-order valence-corrected chi connectivity index (χ4v) is 3.56. The minimum absolute atomic E-state index is 0.0416. The molecule has 2 aromatic heterocycles. The molecule has 5 rings (SSSR count). The third kappa shape index (κ3) is 4.43. The van der Waals surface area contributed by atoms with E-state index in [-0.39, 0.29) is 5.82 Å². The third-order valence-corrected chi connectivity index (χ3v) is 5.09. The van der Waals surface area contributed by atoms with Crippen molar-refractivity contribution in [3.05, 3.63) is 48.4 Å². The Morgan fingerprint density at radius 3 is 2.84 bits per heavy atom. The summed E-state index contributed by atoms with van der Waals surface area (Å²) in [6.07, 6.45) is 1.14. The summed E-state index contributed by atoms with van der Waals surface area (Å²) in [5.74, 6) is 1.52. The number of aromatic nitrogens is 3. The van der Waals surface area contributed by atoms with Gasteiger partial charge in [0.2, 0.25) is 5.95 Å². The predicted molar refractivity (Wildman–Crippen MR) is 118 cm³/mol. The Morgan fingerprint density at radius 2 is 1.94 bits per heavy atom. The van der Waals surface area contributed by atoms with Crippen LogP contribution in [0.2, 0.25) is 0 Å². The molecule has 10 heteroatoms. The van der Waals surface area contributed by atoms with Gasteiger partial charge in [0.15, 0.2) is 23.2 Å². The largest absolute Gasteiger partial charge is 0.488 e. The van der Waals surface area contributed by atoms with Gasteiger partial charge < -0.3 is 30.9 Å². The van der Waals surface area contributed by atoms with Crippen molar-refractivity contribution in [3.63, 3.8) is 0 Å². The molecule has 3 aromatic rings. The van der Waals surface area contributed by atoms with E-state index in [1.807, 2.05) is 18.2 Å². The van der Waals surface area contributed by atoms with Gasteiger partial charge in [-0.1, -0.05) is 6.07 Å². The second-order valence-corrected chi connectivity index (χ2v) is 7.25. The molecule has 31 heavy (non-hydrogen) atoms. The monoisotopic (exact) mass is 422 g/mol. The first-order valence-corrected chi connectivity index (χ1v) is 10.2. The fourth-order valence-electron chi connectivity index (χ4n) is 3.56. The number of nitrogens with one attached hydrogen (secondary N) is 4. The van der Waals surface area contributed by atoms with Crippen LogP contribution in [0.25, 0.3) is 0 Å². The number of fused-ring (bicyclic) bond motifs is 1. The van der Waals surface area contributed by atoms with Gasteiger partial charge >= 0.3 is 0 Å². The maximum absolute atomic E-state index is 14.3. The molecule has 0 bridgehead atoms. The second-order valence-electron chi connectivity index (χ2n) is 7.25. The highest BCUT2D eigenvalue weighted by Crippen LogP contribution is 2.28. The minimum atomic E-state index is -0.566. The molecule has 0 amide bonds. The van der Waals surface area contributed by atoms with Crippen molar-refractivity contribution in [2.24, 2.45) is 0 Å². The fraction of sp³-hybridized carbons (Fsp3) is 0.286. The number of piperazine rings is 1. The molecule has 1 saturated heterocycles. The smallest absolute Gasteiger partial charge is 0.229 e. The quantitative estimate of drug-likeness (QED) is 0.495. The Morgan fingerprint density at radius 1 is 1.03 bits per heavy atom. The molecule has 9 nitrogen and oxygen atoms in total. The van der Waals surface area contributed by atoms with Crippen LogP contribution in [0.4, 0.5) is 39.2 Å². The molecule has 160 valence electrons. The summed E-state index contributed by atoms with van der Waals surface area (Å²) < 4.78 is 19.9. The van der Waals surface area contributed by atoms with Crippen LogP contribution in [0, 0.1) is 5.82 Å². The Bertz CT molecular complexity index is 1070. The van der Waals surface area contributed by atoms with Gasteiger partial charge in [-0.15, -0.1) is 0 Å². The summed E-state index contributed by atoms with van der Waals surface area (Å²) in [5, 5.41) is 12.6. The highest BCUT2D eigenvalue weighted by molar-refractivity contribution is 5.64. The molecule has 0 aliphatic carbocycles.